The van der Waals surface area contributed by atoms with Crippen molar-refractivity contribution < 1.29 is 9.59 Å². The number of ketones is 2. The lowest BCUT2D eigenvalue weighted by atomic mass is 9.97. The number of Topliss-reactive ketones (excluding diaryl/α,β-unsaturated/α-hetero) is 1. The monoisotopic (exact) mass is 273 g/mol. The lowest BCUT2D eigenvalue weighted by molar-refractivity contribution is 0.0858. The van der Waals surface area contributed by atoms with E-state index in [9.17, 15) is 9.59 Å². The summed E-state index contributed by atoms with van der Waals surface area (Å²) < 4.78 is 0. The van der Waals surface area contributed by atoms with E-state index in [2.05, 4.69) is 10.4 Å². The summed E-state index contributed by atoms with van der Waals surface area (Å²) in [5.74, 6) is 5.22. The van der Waals surface area contributed by atoms with E-state index in [0.29, 0.717) is 37.4 Å². The van der Waals surface area contributed by atoms with Crippen LogP contribution in [0.1, 0.15) is 20.8 Å². The molecule has 0 atom stereocenters. The second kappa shape index (κ2) is 5.12. The molecule has 1 aromatic rings. The van der Waals surface area contributed by atoms with Gasteiger partial charge in [0.2, 0.25) is 11.6 Å². The van der Waals surface area contributed by atoms with Crippen molar-refractivity contribution in [3.8, 4) is 0 Å². The molecule has 3 rings (SSSR count). The molecule has 2 aliphatic rings. The molecule has 0 saturated carbocycles. The fraction of sp³-hybridized carbons (Fsp3) is 0.308. The van der Waals surface area contributed by atoms with E-state index in [-0.39, 0.29) is 17.3 Å². The number of nitrogens with two attached hydrogens (primary N) is 1. The van der Waals surface area contributed by atoms with Gasteiger partial charge in [-0.15, -0.1) is 0 Å². The number of allylic oxidation sites excluding steroid dienone is 2. The van der Waals surface area contributed by atoms with Gasteiger partial charge in [-0.2, -0.15) is 0 Å². The molecule has 7 nitrogen and oxygen atoms in total. The fourth-order valence-corrected chi connectivity index (χ4v) is 2.28. The first-order valence-corrected chi connectivity index (χ1v) is 6.42. The molecule has 1 aliphatic heterocycles. The number of rotatable bonds is 2. The molecule has 1 fully saturated rings. The van der Waals surface area contributed by atoms with Crippen molar-refractivity contribution in [2.24, 2.45) is 5.84 Å². The topological polar surface area (TPSA) is 91.6 Å². The zero-order chi connectivity index (χ0) is 14.1. The van der Waals surface area contributed by atoms with E-state index in [4.69, 9.17) is 5.84 Å². The first-order valence-electron chi connectivity index (χ1n) is 6.42. The lowest BCUT2D eigenvalue weighted by Crippen LogP contribution is -2.54. The largest absolute Gasteiger partial charge is 0.315 e. The van der Waals surface area contributed by atoms with E-state index >= 15 is 0 Å². The van der Waals surface area contributed by atoms with Crippen LogP contribution < -0.4 is 11.3 Å². The van der Waals surface area contributed by atoms with Crippen molar-refractivity contribution in [1.29, 1.82) is 0 Å². The van der Waals surface area contributed by atoms with Gasteiger partial charge in [-0.25, -0.2) is 10.0 Å². The number of nitrogens with one attached hydrogen (secondary N) is 1. The van der Waals surface area contributed by atoms with E-state index < -0.39 is 0 Å². The van der Waals surface area contributed by atoms with E-state index in [0.717, 1.165) is 0 Å². The highest BCUT2D eigenvalue weighted by molar-refractivity contribution is 6.23. The summed E-state index contributed by atoms with van der Waals surface area (Å²) in [7, 11) is 0. The molecule has 0 aromatic carbocycles. The number of hydrogen-bond donors (Lipinski definition) is 2. The van der Waals surface area contributed by atoms with Gasteiger partial charge in [0.1, 0.15) is 11.4 Å². The van der Waals surface area contributed by atoms with E-state index in [1.807, 2.05) is 5.01 Å². The molecule has 1 aliphatic carbocycles. The van der Waals surface area contributed by atoms with Crippen LogP contribution in [0.5, 0.6) is 0 Å². The van der Waals surface area contributed by atoms with Crippen molar-refractivity contribution in [3.05, 3.63) is 41.4 Å². The molecule has 2 heterocycles. The normalized spacial score (nSPS) is 20.6. The van der Waals surface area contributed by atoms with Crippen LogP contribution >= 0.6 is 0 Å². The Hall–Kier alpha value is -2.09. The van der Waals surface area contributed by atoms with Crippen LogP contribution in [0.15, 0.2) is 30.1 Å². The van der Waals surface area contributed by atoms with Crippen molar-refractivity contribution in [1.82, 2.24) is 20.4 Å². The third-order valence-corrected chi connectivity index (χ3v) is 3.40. The van der Waals surface area contributed by atoms with Crippen molar-refractivity contribution in [3.63, 3.8) is 0 Å². The molecule has 1 aromatic heterocycles. The minimum atomic E-state index is -0.250. The Labute approximate surface area is 116 Å². The first-order chi connectivity index (χ1) is 9.65. The summed E-state index contributed by atoms with van der Waals surface area (Å²) >= 11 is 0. The van der Waals surface area contributed by atoms with Gasteiger partial charge >= 0.3 is 0 Å². The Bertz CT molecular complexity index is 590. The highest BCUT2D eigenvalue weighted by atomic mass is 16.1. The molecular formula is C13H15N5O2. The summed E-state index contributed by atoms with van der Waals surface area (Å²) in [5, 5.41) is 3.61. The summed E-state index contributed by atoms with van der Waals surface area (Å²) in [6.07, 6.45) is 2.82. The summed E-state index contributed by atoms with van der Waals surface area (Å²) in [5.41, 5.74) is 3.87. The van der Waals surface area contributed by atoms with Crippen LogP contribution in [0.3, 0.4) is 0 Å². The number of nitrogens with zero attached hydrogens (tertiary/aromatic N) is 3. The number of carbonyl (C=O) groups is 2. The molecular weight excluding hydrogens is 258 g/mol. The van der Waals surface area contributed by atoms with Gasteiger partial charge in [0.15, 0.2) is 0 Å². The SMILES string of the molecule is NN1CCN(NC2=CC(=O)c3ncccc3C2=O)CC1. The van der Waals surface area contributed by atoms with Gasteiger partial charge in [-0.1, -0.05) is 0 Å². The maximum absolute atomic E-state index is 12.3. The van der Waals surface area contributed by atoms with Crippen LogP contribution in [0.25, 0.3) is 0 Å². The minimum Gasteiger partial charge on any atom is -0.315 e. The molecule has 7 heteroatoms. The second-order valence-corrected chi connectivity index (χ2v) is 4.79. The van der Waals surface area contributed by atoms with Crippen LogP contribution in [-0.2, 0) is 0 Å². The van der Waals surface area contributed by atoms with Gasteiger partial charge in [-0.05, 0) is 12.1 Å². The number of aromatic nitrogens is 1. The molecule has 0 radical (unpaired) electrons. The van der Waals surface area contributed by atoms with Crippen molar-refractivity contribution in [2.45, 2.75) is 0 Å². The Morgan fingerprint density at radius 2 is 1.95 bits per heavy atom. The molecule has 1 saturated heterocycles. The minimum absolute atomic E-state index is 0.206. The average molecular weight is 273 g/mol. The molecule has 20 heavy (non-hydrogen) atoms. The maximum Gasteiger partial charge on any atom is 0.212 e. The quantitative estimate of drug-likeness (QED) is 0.691. The Morgan fingerprint density at radius 3 is 2.70 bits per heavy atom. The predicted octanol–water partition coefficient (Wildman–Crippen LogP) is -0.660. The van der Waals surface area contributed by atoms with Gasteiger partial charge in [-0.3, -0.25) is 20.4 Å². The molecule has 0 amide bonds. The van der Waals surface area contributed by atoms with Crippen LogP contribution in [-0.4, -0.2) is 52.7 Å². The van der Waals surface area contributed by atoms with Crippen molar-refractivity contribution >= 4 is 11.6 Å². The highest BCUT2D eigenvalue weighted by Crippen LogP contribution is 2.18. The second-order valence-electron chi connectivity index (χ2n) is 4.79. The number of pyridine rings is 1. The number of hydrazine groups is 2. The summed E-state index contributed by atoms with van der Waals surface area (Å²) in [6, 6.07) is 3.27. The van der Waals surface area contributed by atoms with Gasteiger partial charge in [0, 0.05) is 38.5 Å². The van der Waals surface area contributed by atoms with Gasteiger partial charge < -0.3 is 5.43 Å². The summed E-state index contributed by atoms with van der Waals surface area (Å²) in [6.45, 7) is 2.80. The van der Waals surface area contributed by atoms with Crippen molar-refractivity contribution in [2.75, 3.05) is 26.2 Å². The van der Waals surface area contributed by atoms with Gasteiger partial charge in [0.05, 0.1) is 5.56 Å². The highest BCUT2D eigenvalue weighted by Gasteiger charge is 2.28. The zero-order valence-corrected chi connectivity index (χ0v) is 10.9. The molecule has 104 valence electrons. The van der Waals surface area contributed by atoms with Crippen LogP contribution in [0, 0.1) is 0 Å². The van der Waals surface area contributed by atoms with Crippen LogP contribution in [0.2, 0.25) is 0 Å². The van der Waals surface area contributed by atoms with Gasteiger partial charge in [0.25, 0.3) is 0 Å². The molecule has 0 unspecified atom stereocenters. The summed E-state index contributed by atoms with van der Waals surface area (Å²) in [4.78, 5) is 28.2. The molecule has 3 N–H and O–H groups in total. The Balaban J connectivity index is 1.78. The number of carbonyl (C=O) groups excluding carboxylic acids is 2. The molecule has 0 spiro atoms. The Morgan fingerprint density at radius 1 is 1.20 bits per heavy atom. The third kappa shape index (κ3) is 2.34. The number of hydrogen-bond acceptors (Lipinski definition) is 7. The zero-order valence-electron chi connectivity index (χ0n) is 10.9. The maximum atomic E-state index is 12.3. The first kappa shape index (κ1) is 12.9. The van der Waals surface area contributed by atoms with E-state index in [1.165, 1.54) is 12.3 Å². The Kier molecular flexibility index (Phi) is 3.31. The average Bonchev–Trinajstić information content (AvgIpc) is 2.47. The predicted molar refractivity (Wildman–Crippen MR) is 71.5 cm³/mol. The number of fused-ring (bicyclic) bond motifs is 1. The standard InChI is InChI=1S/C13H15N5O2/c14-17-4-6-18(7-5-17)16-10-8-11(19)12-9(13(10)20)2-1-3-15-12/h1-3,8,16H,4-7,14H2. The molecule has 0 bridgehead atoms. The fourth-order valence-electron chi connectivity index (χ4n) is 2.28. The number of piperazine rings is 1. The lowest BCUT2D eigenvalue weighted by Gasteiger charge is -2.33. The smallest absolute Gasteiger partial charge is 0.212 e. The van der Waals surface area contributed by atoms with E-state index in [1.54, 1.807) is 17.1 Å². The van der Waals surface area contributed by atoms with Crippen LogP contribution in [0.4, 0.5) is 0 Å². The third-order valence-electron chi connectivity index (χ3n) is 3.40.